The maximum absolute atomic E-state index is 12.5. The van der Waals surface area contributed by atoms with Crippen molar-refractivity contribution in [2.24, 2.45) is 11.7 Å². The largest absolute Gasteiger partial charge is 0.480 e. The number of carboxylic acids is 1. The number of rotatable bonds is 6. The van der Waals surface area contributed by atoms with Gasteiger partial charge in [0, 0.05) is 0 Å². The van der Waals surface area contributed by atoms with E-state index in [4.69, 9.17) is 5.73 Å². The Labute approximate surface area is 153 Å². The summed E-state index contributed by atoms with van der Waals surface area (Å²) in [6.07, 6.45) is 5.25. The van der Waals surface area contributed by atoms with E-state index in [0.29, 0.717) is 6.42 Å². The van der Waals surface area contributed by atoms with Gasteiger partial charge in [0.05, 0.1) is 6.04 Å². The molecule has 2 aromatic rings. The first-order valence-electron chi connectivity index (χ1n) is 9.31. The van der Waals surface area contributed by atoms with Crippen molar-refractivity contribution in [3.05, 3.63) is 48.0 Å². The van der Waals surface area contributed by atoms with Gasteiger partial charge in [-0.1, -0.05) is 61.7 Å². The molecule has 0 aliphatic heterocycles. The average Bonchev–Trinajstić information content (AvgIpc) is 2.66. The molecule has 0 saturated heterocycles. The fraction of sp³-hybridized carbons (Fsp3) is 0.429. The van der Waals surface area contributed by atoms with Crippen molar-refractivity contribution in [1.29, 1.82) is 0 Å². The molecule has 1 aliphatic rings. The number of nitrogens with two attached hydrogens (primary N) is 1. The Morgan fingerprint density at radius 3 is 2.46 bits per heavy atom. The minimum atomic E-state index is -0.969. The van der Waals surface area contributed by atoms with Crippen LogP contribution in [0.1, 0.15) is 37.7 Å². The van der Waals surface area contributed by atoms with Crippen LogP contribution in [0, 0.1) is 5.92 Å². The fourth-order valence-electron chi connectivity index (χ4n) is 3.82. The molecule has 1 saturated carbocycles. The van der Waals surface area contributed by atoms with Crippen molar-refractivity contribution in [1.82, 2.24) is 5.32 Å². The summed E-state index contributed by atoms with van der Waals surface area (Å²) in [5.41, 5.74) is 7.03. The third kappa shape index (κ3) is 4.41. The van der Waals surface area contributed by atoms with Gasteiger partial charge < -0.3 is 16.2 Å². The van der Waals surface area contributed by atoms with E-state index in [0.717, 1.165) is 48.4 Å². The Balaban J connectivity index is 1.64. The van der Waals surface area contributed by atoms with Gasteiger partial charge in [0.25, 0.3) is 0 Å². The first-order valence-corrected chi connectivity index (χ1v) is 9.31. The summed E-state index contributed by atoms with van der Waals surface area (Å²) < 4.78 is 0. The van der Waals surface area contributed by atoms with Gasteiger partial charge in [-0.05, 0) is 41.5 Å². The molecule has 26 heavy (non-hydrogen) atoms. The smallest absolute Gasteiger partial charge is 0.326 e. The van der Waals surface area contributed by atoms with Crippen molar-refractivity contribution in [3.63, 3.8) is 0 Å². The number of aliphatic carboxylic acids is 1. The number of hydrogen-bond acceptors (Lipinski definition) is 3. The number of carbonyl (C=O) groups is 2. The standard InChI is InChI=1S/C21H26N2O3/c22-18(13-14-10-11-15-6-4-5-9-17(15)12-14)20(24)23-19(21(25)26)16-7-2-1-3-8-16/h4-6,9-12,16,18-19H,1-3,7-8,13,22H2,(H,23,24)(H,25,26)/t18-,19-/m0/s1. The zero-order valence-corrected chi connectivity index (χ0v) is 14.9. The van der Waals surface area contributed by atoms with Crippen molar-refractivity contribution < 1.29 is 14.7 Å². The molecular weight excluding hydrogens is 328 g/mol. The number of carbonyl (C=O) groups excluding carboxylic acids is 1. The Kier molecular flexibility index (Phi) is 5.89. The highest BCUT2D eigenvalue weighted by Crippen LogP contribution is 2.26. The van der Waals surface area contributed by atoms with Crippen LogP contribution in [-0.4, -0.2) is 29.1 Å². The molecular formula is C21H26N2O3. The Hall–Kier alpha value is -2.40. The van der Waals surface area contributed by atoms with E-state index in [9.17, 15) is 14.7 Å². The van der Waals surface area contributed by atoms with E-state index >= 15 is 0 Å². The molecule has 1 aliphatic carbocycles. The molecule has 0 bridgehead atoms. The van der Waals surface area contributed by atoms with E-state index in [-0.39, 0.29) is 5.92 Å². The molecule has 5 heteroatoms. The minimum Gasteiger partial charge on any atom is -0.480 e. The maximum atomic E-state index is 12.5. The molecule has 5 nitrogen and oxygen atoms in total. The first-order chi connectivity index (χ1) is 12.5. The van der Waals surface area contributed by atoms with Crippen LogP contribution in [0.3, 0.4) is 0 Å². The van der Waals surface area contributed by atoms with Crippen molar-refractivity contribution >= 4 is 22.6 Å². The average molecular weight is 354 g/mol. The van der Waals surface area contributed by atoms with Crippen LogP contribution < -0.4 is 11.1 Å². The topological polar surface area (TPSA) is 92.4 Å². The molecule has 0 spiro atoms. The number of fused-ring (bicyclic) bond motifs is 1. The van der Waals surface area contributed by atoms with Gasteiger partial charge in [0.1, 0.15) is 6.04 Å². The summed E-state index contributed by atoms with van der Waals surface area (Å²) in [5, 5.41) is 14.4. The summed E-state index contributed by atoms with van der Waals surface area (Å²) >= 11 is 0. The highest BCUT2D eigenvalue weighted by atomic mass is 16.4. The molecule has 0 radical (unpaired) electrons. The number of hydrogen-bond donors (Lipinski definition) is 3. The molecule has 1 amide bonds. The summed E-state index contributed by atoms with van der Waals surface area (Å²) in [6, 6.07) is 12.4. The van der Waals surface area contributed by atoms with Crippen LogP contribution in [0.2, 0.25) is 0 Å². The second-order valence-electron chi connectivity index (χ2n) is 7.21. The second-order valence-corrected chi connectivity index (χ2v) is 7.21. The molecule has 138 valence electrons. The van der Waals surface area contributed by atoms with Crippen LogP contribution in [0.15, 0.2) is 42.5 Å². The molecule has 0 heterocycles. The predicted octanol–water partition coefficient (Wildman–Crippen LogP) is 2.86. The van der Waals surface area contributed by atoms with Crippen LogP contribution in [0.25, 0.3) is 10.8 Å². The normalized spacial score (nSPS) is 17.6. The van der Waals surface area contributed by atoms with Crippen LogP contribution in [0.4, 0.5) is 0 Å². The molecule has 3 rings (SSSR count). The van der Waals surface area contributed by atoms with E-state index in [1.165, 1.54) is 0 Å². The van der Waals surface area contributed by atoms with E-state index in [1.807, 2.05) is 42.5 Å². The van der Waals surface area contributed by atoms with Gasteiger partial charge in [-0.15, -0.1) is 0 Å². The van der Waals surface area contributed by atoms with Crippen molar-refractivity contribution in [2.45, 2.75) is 50.6 Å². The Morgan fingerprint density at radius 1 is 1.08 bits per heavy atom. The minimum absolute atomic E-state index is 0.00179. The van der Waals surface area contributed by atoms with E-state index < -0.39 is 24.0 Å². The van der Waals surface area contributed by atoms with E-state index in [2.05, 4.69) is 5.32 Å². The summed E-state index contributed by atoms with van der Waals surface area (Å²) in [6.45, 7) is 0. The Morgan fingerprint density at radius 2 is 1.77 bits per heavy atom. The predicted molar refractivity (Wildman–Crippen MR) is 102 cm³/mol. The van der Waals surface area contributed by atoms with Crippen molar-refractivity contribution in [3.8, 4) is 0 Å². The molecule has 2 aromatic carbocycles. The lowest BCUT2D eigenvalue weighted by molar-refractivity contribution is -0.144. The third-order valence-corrected chi connectivity index (χ3v) is 5.29. The lowest BCUT2D eigenvalue weighted by atomic mass is 9.83. The molecule has 4 N–H and O–H groups in total. The lowest BCUT2D eigenvalue weighted by Crippen LogP contribution is -2.52. The number of carboxylic acid groups (broad SMARTS) is 1. The van der Waals surface area contributed by atoms with Gasteiger partial charge >= 0.3 is 5.97 Å². The molecule has 0 aromatic heterocycles. The van der Waals surface area contributed by atoms with Crippen LogP contribution in [-0.2, 0) is 16.0 Å². The Bertz CT molecular complexity index is 784. The van der Waals surface area contributed by atoms with Gasteiger partial charge in [-0.2, -0.15) is 0 Å². The molecule has 1 fully saturated rings. The van der Waals surface area contributed by atoms with Crippen LogP contribution in [0.5, 0.6) is 0 Å². The fourth-order valence-corrected chi connectivity index (χ4v) is 3.82. The van der Waals surface area contributed by atoms with E-state index in [1.54, 1.807) is 0 Å². The zero-order valence-electron chi connectivity index (χ0n) is 14.9. The molecule has 0 unspecified atom stereocenters. The first kappa shape index (κ1) is 18.4. The second kappa shape index (κ2) is 8.32. The summed E-state index contributed by atoms with van der Waals surface area (Å²) in [7, 11) is 0. The van der Waals surface area contributed by atoms with Gasteiger partial charge in [-0.3, -0.25) is 4.79 Å². The van der Waals surface area contributed by atoms with Gasteiger partial charge in [0.2, 0.25) is 5.91 Å². The monoisotopic (exact) mass is 354 g/mol. The number of benzene rings is 2. The summed E-state index contributed by atoms with van der Waals surface area (Å²) in [4.78, 5) is 24.1. The van der Waals surface area contributed by atoms with Crippen molar-refractivity contribution in [2.75, 3.05) is 0 Å². The highest BCUT2D eigenvalue weighted by Gasteiger charge is 2.31. The third-order valence-electron chi connectivity index (χ3n) is 5.29. The summed E-state index contributed by atoms with van der Waals surface area (Å²) in [5.74, 6) is -1.36. The maximum Gasteiger partial charge on any atom is 0.326 e. The SMILES string of the molecule is N[C@@H](Cc1ccc2ccccc2c1)C(=O)N[C@H](C(=O)O)C1CCCCC1. The zero-order chi connectivity index (χ0) is 18.5. The van der Waals surface area contributed by atoms with Gasteiger partial charge in [0.15, 0.2) is 0 Å². The number of amides is 1. The highest BCUT2D eigenvalue weighted by molar-refractivity contribution is 5.87. The quantitative estimate of drug-likeness (QED) is 0.744. The molecule has 2 atom stereocenters. The number of nitrogens with one attached hydrogen (secondary N) is 1. The van der Waals surface area contributed by atoms with Gasteiger partial charge in [-0.25, -0.2) is 4.79 Å². The van der Waals surface area contributed by atoms with Crippen LogP contribution >= 0.6 is 0 Å². The lowest BCUT2D eigenvalue weighted by Gasteiger charge is -2.28.